The summed E-state index contributed by atoms with van der Waals surface area (Å²) in [6, 6.07) is 4.17. The number of hydrogen-bond donors (Lipinski definition) is 1. The second-order valence-corrected chi connectivity index (χ2v) is 8.67. The van der Waals surface area contributed by atoms with Gasteiger partial charge in [-0.25, -0.2) is 12.8 Å². The van der Waals surface area contributed by atoms with E-state index in [0.29, 0.717) is 6.42 Å². The molecule has 0 aliphatic carbocycles. The Morgan fingerprint density at radius 3 is 2.88 bits per heavy atom. The number of sulfone groups is 1. The third kappa shape index (κ3) is 3.69. The zero-order valence-corrected chi connectivity index (χ0v) is 15.0. The molecule has 2 aromatic rings. The van der Waals surface area contributed by atoms with Crippen molar-refractivity contribution in [3.63, 3.8) is 0 Å². The van der Waals surface area contributed by atoms with Gasteiger partial charge in [-0.1, -0.05) is 22.8 Å². The van der Waals surface area contributed by atoms with Gasteiger partial charge in [0.1, 0.15) is 22.8 Å². The molecule has 1 aliphatic rings. The number of nitrogens with one attached hydrogen (secondary N) is 1. The number of aromatic nitrogens is 1. The van der Waals surface area contributed by atoms with E-state index in [1.165, 1.54) is 18.2 Å². The molecule has 1 aromatic heterocycles. The minimum absolute atomic E-state index is 0.00499. The Kier molecular flexibility index (Phi) is 4.83. The van der Waals surface area contributed by atoms with Gasteiger partial charge in [0.25, 0.3) is 5.91 Å². The number of amides is 1. The Morgan fingerprint density at radius 1 is 1.48 bits per heavy atom. The molecule has 0 spiro atoms. The molecular weight excluding hydrogens is 371 g/mol. The van der Waals surface area contributed by atoms with E-state index in [1.807, 2.05) is 0 Å². The molecule has 3 rings (SSSR count). The van der Waals surface area contributed by atoms with Crippen LogP contribution in [-0.4, -0.2) is 37.5 Å². The summed E-state index contributed by atoms with van der Waals surface area (Å²) < 4.78 is 42.2. The van der Waals surface area contributed by atoms with Gasteiger partial charge in [0.2, 0.25) is 0 Å². The highest BCUT2D eigenvalue weighted by Crippen LogP contribution is 2.33. The van der Waals surface area contributed by atoms with Crippen LogP contribution in [0.15, 0.2) is 22.7 Å². The summed E-state index contributed by atoms with van der Waals surface area (Å²) in [5, 5.41) is 6.58. The lowest BCUT2D eigenvalue weighted by Gasteiger charge is -2.10. The first kappa shape index (κ1) is 17.9. The first-order chi connectivity index (χ1) is 11.8. The summed E-state index contributed by atoms with van der Waals surface area (Å²) in [6.45, 7) is 1.76. The number of carbonyl (C=O) groups excluding carboxylic acids is 1. The zero-order valence-electron chi connectivity index (χ0n) is 13.4. The molecule has 1 atom stereocenters. The predicted molar refractivity (Wildman–Crippen MR) is 90.7 cm³/mol. The topological polar surface area (TPSA) is 89.3 Å². The summed E-state index contributed by atoms with van der Waals surface area (Å²) in [4.78, 5) is 12.5. The van der Waals surface area contributed by atoms with Gasteiger partial charge < -0.3 is 9.84 Å². The van der Waals surface area contributed by atoms with E-state index in [2.05, 4.69) is 10.5 Å². The lowest BCUT2D eigenvalue weighted by Crippen LogP contribution is -2.30. The molecule has 9 heteroatoms. The summed E-state index contributed by atoms with van der Waals surface area (Å²) >= 11 is 6.04. The van der Waals surface area contributed by atoms with Gasteiger partial charge in [-0.3, -0.25) is 4.79 Å². The summed E-state index contributed by atoms with van der Waals surface area (Å²) in [5.74, 6) is -0.827. The van der Waals surface area contributed by atoms with Gasteiger partial charge in [0.05, 0.1) is 22.1 Å². The number of aryl methyl sites for hydroxylation is 1. The van der Waals surface area contributed by atoms with Crippen molar-refractivity contribution in [1.29, 1.82) is 0 Å². The molecule has 1 fully saturated rings. The van der Waals surface area contributed by atoms with Crippen LogP contribution in [0.3, 0.4) is 0 Å². The van der Waals surface area contributed by atoms with Gasteiger partial charge in [-0.15, -0.1) is 0 Å². The molecule has 1 aliphatic heterocycles. The van der Waals surface area contributed by atoms with Crippen molar-refractivity contribution < 1.29 is 22.1 Å². The highest BCUT2D eigenvalue weighted by molar-refractivity contribution is 7.91. The molecule has 1 saturated heterocycles. The second-order valence-electron chi connectivity index (χ2n) is 6.04. The Labute approximate surface area is 149 Å². The summed E-state index contributed by atoms with van der Waals surface area (Å²) in [5.41, 5.74) is 0.111. The maximum absolute atomic E-state index is 14.1. The number of hydrogen-bond acceptors (Lipinski definition) is 5. The summed E-state index contributed by atoms with van der Waals surface area (Å²) in [6.07, 6.45) is 0.511. The van der Waals surface area contributed by atoms with Gasteiger partial charge in [0, 0.05) is 6.54 Å². The average molecular weight is 387 g/mol. The van der Waals surface area contributed by atoms with Gasteiger partial charge >= 0.3 is 0 Å². The molecule has 25 heavy (non-hydrogen) atoms. The normalized spacial score (nSPS) is 19.1. The number of nitrogens with zero attached hydrogens (tertiary/aromatic N) is 1. The van der Waals surface area contributed by atoms with E-state index < -0.39 is 21.6 Å². The van der Waals surface area contributed by atoms with Gasteiger partial charge in [0.15, 0.2) is 9.84 Å². The average Bonchev–Trinajstić information content (AvgIpc) is 3.07. The van der Waals surface area contributed by atoms with Crippen LogP contribution >= 0.6 is 11.6 Å². The monoisotopic (exact) mass is 386 g/mol. The van der Waals surface area contributed by atoms with E-state index in [4.69, 9.17) is 16.1 Å². The van der Waals surface area contributed by atoms with Crippen LogP contribution in [0.25, 0.3) is 11.3 Å². The van der Waals surface area contributed by atoms with Crippen LogP contribution in [0.2, 0.25) is 5.02 Å². The van der Waals surface area contributed by atoms with Crippen molar-refractivity contribution in [3.05, 3.63) is 40.4 Å². The Morgan fingerprint density at radius 2 is 2.24 bits per heavy atom. The van der Waals surface area contributed by atoms with E-state index in [1.54, 1.807) is 6.92 Å². The van der Waals surface area contributed by atoms with Crippen LogP contribution in [0, 0.1) is 18.7 Å². The minimum atomic E-state index is -3.02. The number of benzene rings is 1. The Hall–Kier alpha value is -1.93. The van der Waals surface area contributed by atoms with E-state index in [0.717, 1.165) is 0 Å². The quantitative estimate of drug-likeness (QED) is 0.872. The fraction of sp³-hybridized carbons (Fsp3) is 0.375. The predicted octanol–water partition coefficient (Wildman–Crippen LogP) is 2.61. The van der Waals surface area contributed by atoms with E-state index in [9.17, 15) is 17.6 Å². The second kappa shape index (κ2) is 6.76. The Bertz CT molecular complexity index is 906. The Balaban J connectivity index is 1.83. The van der Waals surface area contributed by atoms with E-state index in [-0.39, 0.29) is 51.6 Å². The minimum Gasteiger partial charge on any atom is -0.360 e. The molecule has 0 radical (unpaired) electrons. The third-order valence-electron chi connectivity index (χ3n) is 4.17. The maximum Gasteiger partial charge on any atom is 0.257 e. The first-order valence-electron chi connectivity index (χ1n) is 7.68. The lowest BCUT2D eigenvalue weighted by molar-refractivity contribution is 0.0947. The maximum atomic E-state index is 14.1. The highest BCUT2D eigenvalue weighted by Gasteiger charge is 2.30. The van der Waals surface area contributed by atoms with Crippen LogP contribution < -0.4 is 5.32 Å². The summed E-state index contributed by atoms with van der Waals surface area (Å²) in [7, 11) is -3.02. The smallest absolute Gasteiger partial charge is 0.257 e. The first-order valence-corrected chi connectivity index (χ1v) is 9.87. The fourth-order valence-corrected chi connectivity index (χ4v) is 5.01. The molecule has 1 amide bonds. The standard InChI is InChI=1S/C16H16ClFN2O4S/c1-9-13(16(21)19-7-10-5-6-25(22,23)8-10)15(20-24-9)14-11(17)3-2-4-12(14)18/h2-4,10H,5-8H2,1H3,(H,19,21). The van der Waals surface area contributed by atoms with Crippen LogP contribution in [-0.2, 0) is 9.84 Å². The molecular formula is C16H16ClFN2O4S. The largest absolute Gasteiger partial charge is 0.360 e. The van der Waals surface area contributed by atoms with Crippen molar-refractivity contribution in [2.45, 2.75) is 13.3 Å². The zero-order chi connectivity index (χ0) is 18.2. The molecule has 0 bridgehead atoms. The van der Waals surface area contributed by atoms with Gasteiger partial charge in [-0.05, 0) is 31.4 Å². The van der Waals surface area contributed by atoms with Crippen molar-refractivity contribution >= 4 is 27.3 Å². The van der Waals surface area contributed by atoms with Crippen LogP contribution in [0.4, 0.5) is 4.39 Å². The van der Waals surface area contributed by atoms with Crippen molar-refractivity contribution in [1.82, 2.24) is 10.5 Å². The lowest BCUT2D eigenvalue weighted by atomic mass is 10.0. The van der Waals surface area contributed by atoms with Gasteiger partial charge in [-0.2, -0.15) is 0 Å². The SMILES string of the molecule is Cc1onc(-c2c(F)cccc2Cl)c1C(=O)NCC1CCS(=O)(=O)C1. The van der Waals surface area contributed by atoms with Crippen molar-refractivity contribution in [3.8, 4) is 11.3 Å². The highest BCUT2D eigenvalue weighted by atomic mass is 35.5. The fourth-order valence-electron chi connectivity index (χ4n) is 2.89. The van der Waals surface area contributed by atoms with E-state index >= 15 is 0 Å². The molecule has 2 heterocycles. The number of carbonyl (C=O) groups is 1. The number of rotatable bonds is 4. The molecule has 6 nitrogen and oxygen atoms in total. The molecule has 0 saturated carbocycles. The third-order valence-corrected chi connectivity index (χ3v) is 6.32. The molecule has 134 valence electrons. The molecule has 1 aromatic carbocycles. The number of halogens is 2. The van der Waals surface area contributed by atoms with Crippen LogP contribution in [0.1, 0.15) is 22.5 Å². The van der Waals surface area contributed by atoms with Crippen molar-refractivity contribution in [2.75, 3.05) is 18.1 Å². The molecule has 1 unspecified atom stereocenters. The molecule has 1 N–H and O–H groups in total. The van der Waals surface area contributed by atoms with Crippen molar-refractivity contribution in [2.24, 2.45) is 5.92 Å². The van der Waals surface area contributed by atoms with Crippen LogP contribution in [0.5, 0.6) is 0 Å².